The van der Waals surface area contributed by atoms with Crippen LogP contribution in [0.25, 0.3) is 0 Å². The Kier molecular flexibility index (Phi) is 6.54. The van der Waals surface area contributed by atoms with Gasteiger partial charge in [-0.15, -0.1) is 0 Å². The average Bonchev–Trinajstić information content (AvgIpc) is 2.31. The number of hydroxylamine groups is 1. The largest absolute Gasteiger partial charge is 0.491 e. The van der Waals surface area contributed by atoms with Crippen LogP contribution in [0.5, 0.6) is 5.75 Å². The molecule has 5 heteroatoms. The number of carbonyl (C=O) groups excluding carboxylic acids is 1. The molecule has 1 aromatic carbocycles. The molecular weight excluding hydrogens is 254 g/mol. The fourth-order valence-corrected chi connectivity index (χ4v) is 1.35. The van der Waals surface area contributed by atoms with E-state index in [2.05, 4.69) is 5.48 Å². The fourth-order valence-electron chi connectivity index (χ4n) is 1.16. The van der Waals surface area contributed by atoms with Gasteiger partial charge >= 0.3 is 0 Å². The molecule has 0 spiro atoms. The Morgan fingerprint density at radius 2 is 2.11 bits per heavy atom. The van der Waals surface area contributed by atoms with E-state index in [0.717, 1.165) is 0 Å². The lowest BCUT2D eigenvalue weighted by Gasteiger charge is -2.09. The number of amides is 1. The minimum absolute atomic E-state index is 0.206. The number of para-hydroxylation sites is 1. The summed E-state index contributed by atoms with van der Waals surface area (Å²) in [6.07, 6.45) is 0.226. The molecule has 0 heterocycles. The highest BCUT2D eigenvalue weighted by molar-refractivity contribution is 6.32. The quantitative estimate of drug-likeness (QED) is 0.776. The van der Waals surface area contributed by atoms with Crippen molar-refractivity contribution < 1.29 is 14.4 Å². The van der Waals surface area contributed by atoms with Gasteiger partial charge < -0.3 is 4.74 Å². The molecule has 4 nitrogen and oxygen atoms in total. The molecule has 18 heavy (non-hydrogen) atoms. The van der Waals surface area contributed by atoms with Crippen molar-refractivity contribution in [1.82, 2.24) is 5.48 Å². The Morgan fingerprint density at radius 3 is 2.78 bits per heavy atom. The zero-order chi connectivity index (χ0) is 13.4. The first-order valence-electron chi connectivity index (χ1n) is 5.87. The second-order valence-corrected chi connectivity index (χ2v) is 4.67. The summed E-state index contributed by atoms with van der Waals surface area (Å²) < 4.78 is 5.39. The van der Waals surface area contributed by atoms with E-state index in [-0.39, 0.29) is 18.9 Å². The van der Waals surface area contributed by atoms with E-state index in [0.29, 0.717) is 23.3 Å². The molecule has 1 N–H and O–H groups in total. The summed E-state index contributed by atoms with van der Waals surface area (Å²) in [4.78, 5) is 16.4. The zero-order valence-electron chi connectivity index (χ0n) is 10.6. The zero-order valence-corrected chi connectivity index (χ0v) is 11.4. The van der Waals surface area contributed by atoms with Gasteiger partial charge in [0.2, 0.25) is 5.91 Å². The molecule has 0 saturated carbocycles. The standard InChI is InChI=1S/C13H18ClNO3/c1-10(2)9-18-15-13(16)7-8-17-12-6-4-3-5-11(12)14/h3-6,10H,7-9H2,1-2H3,(H,15,16). The van der Waals surface area contributed by atoms with E-state index < -0.39 is 0 Å². The summed E-state index contributed by atoms with van der Waals surface area (Å²) in [5.74, 6) is 0.752. The third-order valence-corrected chi connectivity index (χ3v) is 2.34. The van der Waals surface area contributed by atoms with Crippen LogP contribution in [0.2, 0.25) is 5.02 Å². The molecule has 0 saturated heterocycles. The number of nitrogens with one attached hydrogen (secondary N) is 1. The highest BCUT2D eigenvalue weighted by Crippen LogP contribution is 2.22. The molecule has 0 unspecified atom stereocenters. The molecule has 0 aromatic heterocycles. The third kappa shape index (κ3) is 5.89. The normalized spacial score (nSPS) is 10.4. The van der Waals surface area contributed by atoms with E-state index >= 15 is 0 Å². The van der Waals surface area contributed by atoms with Gasteiger partial charge in [-0.05, 0) is 18.1 Å². The summed E-state index contributed by atoms with van der Waals surface area (Å²) in [7, 11) is 0. The Hall–Kier alpha value is -1.26. The first-order chi connectivity index (χ1) is 8.59. The number of ether oxygens (including phenoxy) is 1. The Morgan fingerprint density at radius 1 is 1.39 bits per heavy atom. The maximum absolute atomic E-state index is 11.4. The van der Waals surface area contributed by atoms with Gasteiger partial charge in [0, 0.05) is 0 Å². The minimum Gasteiger partial charge on any atom is -0.491 e. The summed E-state index contributed by atoms with van der Waals surface area (Å²) in [6.45, 7) is 4.77. The maximum atomic E-state index is 11.4. The molecule has 1 aromatic rings. The minimum atomic E-state index is -0.206. The molecule has 0 radical (unpaired) electrons. The molecule has 0 aliphatic carbocycles. The lowest BCUT2D eigenvalue weighted by atomic mass is 10.2. The lowest BCUT2D eigenvalue weighted by molar-refractivity contribution is -0.134. The fraction of sp³-hybridized carbons (Fsp3) is 0.462. The van der Waals surface area contributed by atoms with Gasteiger partial charge in [0.25, 0.3) is 0 Å². The summed E-state index contributed by atoms with van der Waals surface area (Å²) >= 11 is 5.91. The summed E-state index contributed by atoms with van der Waals surface area (Å²) in [5.41, 5.74) is 2.36. The van der Waals surface area contributed by atoms with E-state index in [9.17, 15) is 4.79 Å². The first kappa shape index (κ1) is 14.8. The van der Waals surface area contributed by atoms with Crippen LogP contribution < -0.4 is 10.2 Å². The van der Waals surface area contributed by atoms with Crippen molar-refractivity contribution in [2.24, 2.45) is 5.92 Å². The molecule has 100 valence electrons. The lowest BCUT2D eigenvalue weighted by Crippen LogP contribution is -2.26. The molecule has 1 rings (SSSR count). The van der Waals surface area contributed by atoms with Crippen LogP contribution in [0.15, 0.2) is 24.3 Å². The molecule has 0 aliphatic heterocycles. The van der Waals surface area contributed by atoms with Crippen molar-refractivity contribution in [3.05, 3.63) is 29.3 Å². The number of benzene rings is 1. The van der Waals surface area contributed by atoms with E-state index in [1.807, 2.05) is 26.0 Å². The van der Waals surface area contributed by atoms with Crippen LogP contribution in [-0.4, -0.2) is 19.1 Å². The van der Waals surface area contributed by atoms with E-state index in [1.54, 1.807) is 12.1 Å². The first-order valence-corrected chi connectivity index (χ1v) is 6.25. The molecule has 0 fully saturated rings. The van der Waals surface area contributed by atoms with Crippen LogP contribution in [0, 0.1) is 5.92 Å². The number of hydrogen-bond acceptors (Lipinski definition) is 3. The second-order valence-electron chi connectivity index (χ2n) is 4.26. The number of halogens is 1. The summed E-state index contributed by atoms with van der Waals surface area (Å²) in [6, 6.07) is 7.15. The van der Waals surface area contributed by atoms with Crippen LogP contribution in [0.4, 0.5) is 0 Å². The van der Waals surface area contributed by atoms with Crippen LogP contribution in [0.1, 0.15) is 20.3 Å². The molecule has 1 amide bonds. The van der Waals surface area contributed by atoms with Gasteiger partial charge in [-0.25, -0.2) is 5.48 Å². The van der Waals surface area contributed by atoms with Gasteiger partial charge in [-0.2, -0.15) is 0 Å². The molecular formula is C13H18ClNO3. The third-order valence-electron chi connectivity index (χ3n) is 2.03. The van der Waals surface area contributed by atoms with Crippen molar-refractivity contribution in [3.63, 3.8) is 0 Å². The van der Waals surface area contributed by atoms with Gasteiger partial charge in [0.05, 0.1) is 24.7 Å². The smallest absolute Gasteiger partial charge is 0.246 e. The van der Waals surface area contributed by atoms with E-state index in [4.69, 9.17) is 21.2 Å². The topological polar surface area (TPSA) is 47.6 Å². The Balaban J connectivity index is 2.18. The monoisotopic (exact) mass is 271 g/mol. The summed E-state index contributed by atoms with van der Waals surface area (Å²) in [5, 5.41) is 0.536. The van der Waals surface area contributed by atoms with Crippen LogP contribution in [-0.2, 0) is 9.63 Å². The van der Waals surface area contributed by atoms with Gasteiger partial charge in [0.1, 0.15) is 5.75 Å². The number of carbonyl (C=O) groups is 1. The van der Waals surface area contributed by atoms with Crippen molar-refractivity contribution in [1.29, 1.82) is 0 Å². The number of rotatable bonds is 7. The van der Waals surface area contributed by atoms with Crippen molar-refractivity contribution in [2.45, 2.75) is 20.3 Å². The van der Waals surface area contributed by atoms with Crippen molar-refractivity contribution >= 4 is 17.5 Å². The highest BCUT2D eigenvalue weighted by atomic mass is 35.5. The molecule has 0 aliphatic rings. The second kappa shape index (κ2) is 7.95. The number of hydrogen-bond donors (Lipinski definition) is 1. The molecule has 0 atom stereocenters. The predicted molar refractivity (Wildman–Crippen MR) is 70.5 cm³/mol. The maximum Gasteiger partial charge on any atom is 0.246 e. The van der Waals surface area contributed by atoms with Gasteiger partial charge in [-0.1, -0.05) is 37.6 Å². The van der Waals surface area contributed by atoms with Crippen molar-refractivity contribution in [3.8, 4) is 5.75 Å². The Labute approximate surface area is 112 Å². The van der Waals surface area contributed by atoms with Crippen LogP contribution in [0.3, 0.4) is 0 Å². The van der Waals surface area contributed by atoms with Gasteiger partial charge in [0.15, 0.2) is 0 Å². The van der Waals surface area contributed by atoms with Gasteiger partial charge in [-0.3, -0.25) is 9.63 Å². The molecule has 0 bridgehead atoms. The van der Waals surface area contributed by atoms with E-state index in [1.165, 1.54) is 0 Å². The van der Waals surface area contributed by atoms with Crippen LogP contribution >= 0.6 is 11.6 Å². The van der Waals surface area contributed by atoms with Crippen molar-refractivity contribution in [2.75, 3.05) is 13.2 Å². The highest BCUT2D eigenvalue weighted by Gasteiger charge is 2.04. The SMILES string of the molecule is CC(C)CONC(=O)CCOc1ccccc1Cl. The predicted octanol–water partition coefficient (Wildman–Crippen LogP) is 2.81. The Bertz CT molecular complexity index is 382. The average molecular weight is 272 g/mol.